The fourth-order valence-electron chi connectivity index (χ4n) is 2.08. The second-order valence-electron chi connectivity index (χ2n) is 4.55. The summed E-state index contributed by atoms with van der Waals surface area (Å²) in [6.07, 6.45) is 8.58. The maximum Gasteiger partial charge on any atom is -0.0152 e. The van der Waals surface area contributed by atoms with Crippen LogP contribution in [0.4, 0.5) is 0 Å². The SMILES string of the molecule is C=C(C(/C=C\CC)=C/C)c1ccc(C)cc1CC.CC.CC.CC.CC. The number of aryl methyl sites for hydroxylation is 2. The van der Waals surface area contributed by atoms with Gasteiger partial charge in [0.2, 0.25) is 0 Å². The minimum atomic E-state index is 1.05. The molecule has 0 fully saturated rings. The molecule has 0 heteroatoms. The van der Waals surface area contributed by atoms with Crippen LogP contribution in [0, 0.1) is 6.92 Å². The molecule has 0 spiro atoms. The Balaban J connectivity index is -0.000000266. The fraction of sp³-hybridized carbons (Fsp3) is 0.538. The molecule has 26 heavy (non-hydrogen) atoms. The van der Waals surface area contributed by atoms with Crippen LogP contribution < -0.4 is 0 Å². The van der Waals surface area contributed by atoms with Crippen molar-refractivity contribution in [2.45, 2.75) is 95.9 Å². The normalized spacial score (nSPS) is 9.31. The summed E-state index contributed by atoms with van der Waals surface area (Å²) in [5, 5.41) is 0. The van der Waals surface area contributed by atoms with Gasteiger partial charge >= 0.3 is 0 Å². The van der Waals surface area contributed by atoms with Gasteiger partial charge in [0.15, 0.2) is 0 Å². The summed E-state index contributed by atoms with van der Waals surface area (Å²) in [4.78, 5) is 0. The molecule has 1 rings (SSSR count). The number of allylic oxidation sites excluding steroid dienone is 5. The molecule has 0 saturated carbocycles. The Labute approximate surface area is 167 Å². The van der Waals surface area contributed by atoms with Crippen molar-refractivity contribution in [3.63, 3.8) is 0 Å². The van der Waals surface area contributed by atoms with Crippen molar-refractivity contribution < 1.29 is 0 Å². The van der Waals surface area contributed by atoms with Gasteiger partial charge in [0.05, 0.1) is 0 Å². The predicted molar refractivity (Wildman–Crippen MR) is 128 cm³/mol. The predicted octanol–water partition coefficient (Wildman–Crippen LogP) is 9.59. The minimum absolute atomic E-state index is 1.05. The van der Waals surface area contributed by atoms with Crippen molar-refractivity contribution in [2.24, 2.45) is 0 Å². The molecule has 0 nitrogen and oxygen atoms in total. The standard InChI is InChI=1S/C18H24.4C2H6/c1-6-9-10-16(7-2)15(5)18-12-11-14(4)13-17(18)8-3;4*1-2/h7,9-13H,5-6,8H2,1-4H3;4*1-2H3/b10-9-,16-7+;;;;. The van der Waals surface area contributed by atoms with Crippen LogP contribution in [0.1, 0.15) is 99.3 Å². The molecule has 0 N–H and O–H groups in total. The van der Waals surface area contributed by atoms with Crippen LogP contribution in [0.5, 0.6) is 0 Å². The Bertz CT molecular complexity index is 473. The first kappa shape index (κ1) is 32.1. The third kappa shape index (κ3) is 13.7. The molecule has 1 aromatic rings. The second-order valence-corrected chi connectivity index (χ2v) is 4.55. The van der Waals surface area contributed by atoms with E-state index in [0.29, 0.717) is 0 Å². The van der Waals surface area contributed by atoms with E-state index in [1.165, 1.54) is 22.3 Å². The van der Waals surface area contributed by atoms with Crippen LogP contribution >= 0.6 is 0 Å². The Morgan fingerprint density at radius 3 is 1.81 bits per heavy atom. The van der Waals surface area contributed by atoms with Crippen molar-refractivity contribution in [1.29, 1.82) is 0 Å². The Hall–Kier alpha value is -1.56. The molecule has 0 amide bonds. The van der Waals surface area contributed by atoms with Gasteiger partial charge in [0.25, 0.3) is 0 Å². The van der Waals surface area contributed by atoms with Gasteiger partial charge in [-0.1, -0.05) is 118 Å². The van der Waals surface area contributed by atoms with Crippen molar-refractivity contribution >= 4 is 5.57 Å². The molecule has 0 radical (unpaired) electrons. The summed E-state index contributed by atoms with van der Waals surface area (Å²) in [5.74, 6) is 0. The Kier molecular flexibility index (Phi) is 31.7. The van der Waals surface area contributed by atoms with Gasteiger partial charge in [-0.05, 0) is 49.0 Å². The van der Waals surface area contributed by atoms with Crippen molar-refractivity contribution in [3.05, 3.63) is 65.3 Å². The van der Waals surface area contributed by atoms with Crippen molar-refractivity contribution in [1.82, 2.24) is 0 Å². The van der Waals surface area contributed by atoms with Gasteiger partial charge in [0.1, 0.15) is 0 Å². The summed E-state index contributed by atoms with van der Waals surface area (Å²) >= 11 is 0. The molecule has 0 aliphatic carbocycles. The zero-order valence-electron chi connectivity index (χ0n) is 20.1. The molecule has 0 bridgehead atoms. The van der Waals surface area contributed by atoms with E-state index in [1.54, 1.807) is 0 Å². The van der Waals surface area contributed by atoms with Crippen LogP contribution in [0.2, 0.25) is 0 Å². The first-order valence-electron chi connectivity index (χ1n) is 10.8. The van der Waals surface area contributed by atoms with Crippen LogP contribution in [-0.2, 0) is 6.42 Å². The van der Waals surface area contributed by atoms with Crippen molar-refractivity contribution in [2.75, 3.05) is 0 Å². The smallest absolute Gasteiger partial charge is 0.0152 e. The largest absolute Gasteiger partial charge is 0.0906 e. The van der Waals surface area contributed by atoms with E-state index >= 15 is 0 Å². The van der Waals surface area contributed by atoms with Crippen molar-refractivity contribution in [3.8, 4) is 0 Å². The lowest BCUT2D eigenvalue weighted by Gasteiger charge is -2.13. The van der Waals surface area contributed by atoms with Gasteiger partial charge in [0, 0.05) is 0 Å². The molecule has 0 unspecified atom stereocenters. The van der Waals surface area contributed by atoms with E-state index in [9.17, 15) is 0 Å². The Morgan fingerprint density at radius 2 is 1.42 bits per heavy atom. The Morgan fingerprint density at radius 1 is 0.923 bits per heavy atom. The summed E-state index contributed by atoms with van der Waals surface area (Å²) in [5.41, 5.74) is 6.31. The molecule has 152 valence electrons. The highest BCUT2D eigenvalue weighted by Crippen LogP contribution is 2.26. The number of hydrogen-bond acceptors (Lipinski definition) is 0. The van der Waals surface area contributed by atoms with Crippen LogP contribution in [0.3, 0.4) is 0 Å². The molecule has 0 saturated heterocycles. The van der Waals surface area contributed by atoms with Crippen LogP contribution in [-0.4, -0.2) is 0 Å². The lowest BCUT2D eigenvalue weighted by Crippen LogP contribution is -1.94. The molecule has 0 atom stereocenters. The van der Waals surface area contributed by atoms with E-state index in [0.717, 1.165) is 18.4 Å². The molecule has 0 aliphatic rings. The summed E-state index contributed by atoms with van der Waals surface area (Å²) in [6, 6.07) is 6.62. The summed E-state index contributed by atoms with van der Waals surface area (Å²) < 4.78 is 0. The monoisotopic (exact) mass is 360 g/mol. The number of benzene rings is 1. The van der Waals surface area contributed by atoms with Gasteiger partial charge in [-0.2, -0.15) is 0 Å². The molecule has 1 aromatic carbocycles. The van der Waals surface area contributed by atoms with E-state index in [1.807, 2.05) is 55.4 Å². The molecule has 0 aliphatic heterocycles. The van der Waals surface area contributed by atoms with E-state index < -0.39 is 0 Å². The van der Waals surface area contributed by atoms with E-state index in [4.69, 9.17) is 0 Å². The first-order valence-corrected chi connectivity index (χ1v) is 10.8. The average Bonchev–Trinajstić information content (AvgIpc) is 2.74. The van der Waals surface area contributed by atoms with Gasteiger partial charge < -0.3 is 0 Å². The van der Waals surface area contributed by atoms with Gasteiger partial charge in [-0.15, -0.1) is 0 Å². The number of hydrogen-bond donors (Lipinski definition) is 0. The molecular formula is C26H48. The van der Waals surface area contributed by atoms with Gasteiger partial charge in [-0.25, -0.2) is 0 Å². The fourth-order valence-corrected chi connectivity index (χ4v) is 2.08. The lowest BCUT2D eigenvalue weighted by molar-refractivity contribution is 1.12. The highest BCUT2D eigenvalue weighted by Gasteiger charge is 2.07. The third-order valence-electron chi connectivity index (χ3n) is 3.16. The van der Waals surface area contributed by atoms with Crippen LogP contribution in [0.15, 0.2) is 48.6 Å². The zero-order valence-corrected chi connectivity index (χ0v) is 20.1. The maximum absolute atomic E-state index is 4.27. The van der Waals surface area contributed by atoms with Crippen LogP contribution in [0.25, 0.3) is 5.57 Å². The molecule has 0 aromatic heterocycles. The molecule has 0 heterocycles. The number of rotatable bonds is 5. The van der Waals surface area contributed by atoms with Gasteiger partial charge in [-0.3, -0.25) is 0 Å². The van der Waals surface area contributed by atoms with E-state index in [2.05, 4.69) is 70.7 Å². The first-order chi connectivity index (χ1) is 12.6. The molecular weight excluding hydrogens is 312 g/mol. The quantitative estimate of drug-likeness (QED) is 0.458. The average molecular weight is 361 g/mol. The summed E-state index contributed by atoms with van der Waals surface area (Å²) in [7, 11) is 0. The minimum Gasteiger partial charge on any atom is -0.0906 e. The third-order valence-corrected chi connectivity index (χ3v) is 3.16. The van der Waals surface area contributed by atoms with E-state index in [-0.39, 0.29) is 0 Å². The lowest BCUT2D eigenvalue weighted by atomic mass is 9.92. The zero-order chi connectivity index (χ0) is 21.5. The highest BCUT2D eigenvalue weighted by atomic mass is 14.1. The second kappa shape index (κ2) is 25.7. The maximum atomic E-state index is 4.27. The summed E-state index contributed by atoms with van der Waals surface area (Å²) in [6.45, 7) is 28.8. The topological polar surface area (TPSA) is 0 Å². The highest BCUT2D eigenvalue weighted by molar-refractivity contribution is 5.81.